The first-order chi connectivity index (χ1) is 20.1. The molecule has 210 valence electrons. The molecule has 2 aromatic carbocycles. The van der Waals surface area contributed by atoms with Crippen molar-refractivity contribution in [1.29, 1.82) is 0 Å². The zero-order chi connectivity index (χ0) is 28.2. The minimum absolute atomic E-state index is 0.118. The van der Waals surface area contributed by atoms with E-state index in [0.29, 0.717) is 23.6 Å². The molecule has 6 rings (SSSR count). The van der Waals surface area contributed by atoms with Gasteiger partial charge in [0, 0.05) is 67.8 Å². The number of pyridine rings is 1. The number of anilines is 4. The molecule has 3 heterocycles. The first-order valence-corrected chi connectivity index (χ1v) is 14.3. The molecule has 1 saturated heterocycles. The van der Waals surface area contributed by atoms with Crippen molar-refractivity contribution in [3.8, 4) is 11.3 Å². The number of carbonyl (C=O) groups excluding carboxylic acids is 1. The number of nitrogens with one attached hydrogen (secondary N) is 3. The van der Waals surface area contributed by atoms with Crippen LogP contribution in [0.15, 0.2) is 67.1 Å². The smallest absolute Gasteiger partial charge is 0.257 e. The third kappa shape index (κ3) is 5.77. The average molecular weight is 550 g/mol. The Balaban J connectivity index is 1.27. The van der Waals surface area contributed by atoms with E-state index in [1.54, 1.807) is 18.6 Å². The fraction of sp³-hybridized carbons (Fsp3) is 0.312. The number of hydrogen-bond acceptors (Lipinski definition) is 8. The van der Waals surface area contributed by atoms with Gasteiger partial charge in [0.15, 0.2) is 0 Å². The van der Waals surface area contributed by atoms with Crippen molar-refractivity contribution >= 4 is 28.9 Å². The number of fused-ring (bicyclic) bond motifs is 1. The lowest BCUT2D eigenvalue weighted by atomic mass is 9.98. The fourth-order valence-electron chi connectivity index (χ4n) is 5.87. The van der Waals surface area contributed by atoms with E-state index >= 15 is 0 Å². The second-order valence-corrected chi connectivity index (χ2v) is 10.6. The summed E-state index contributed by atoms with van der Waals surface area (Å²) < 4.78 is 0. The van der Waals surface area contributed by atoms with Gasteiger partial charge in [-0.3, -0.25) is 9.78 Å². The van der Waals surface area contributed by atoms with Crippen molar-refractivity contribution in [1.82, 2.24) is 20.3 Å². The summed E-state index contributed by atoms with van der Waals surface area (Å²) in [5.41, 5.74) is 8.50. The molecule has 1 unspecified atom stereocenters. The molecule has 4 aromatic rings. The van der Waals surface area contributed by atoms with Crippen LogP contribution in [0.1, 0.15) is 39.9 Å². The van der Waals surface area contributed by atoms with E-state index < -0.39 is 0 Å². The minimum Gasteiger partial charge on any atom is -0.396 e. The third-order valence-electron chi connectivity index (χ3n) is 7.95. The zero-order valence-electron chi connectivity index (χ0n) is 23.2. The number of aliphatic hydroxyl groups excluding tert-OH is 1. The topological polar surface area (TPSA) is 115 Å². The molecule has 1 atom stereocenters. The highest BCUT2D eigenvalue weighted by molar-refractivity contribution is 6.09. The maximum atomic E-state index is 13.8. The van der Waals surface area contributed by atoms with Gasteiger partial charge in [0.05, 0.1) is 16.9 Å². The van der Waals surface area contributed by atoms with Crippen LogP contribution < -0.4 is 20.9 Å². The lowest BCUT2D eigenvalue weighted by molar-refractivity contribution is 0.102. The number of rotatable bonds is 8. The molecule has 9 heteroatoms. The molecule has 1 aliphatic heterocycles. The van der Waals surface area contributed by atoms with Crippen molar-refractivity contribution in [3.63, 3.8) is 0 Å². The van der Waals surface area contributed by atoms with Gasteiger partial charge in [0.25, 0.3) is 5.91 Å². The molecule has 4 N–H and O–H groups in total. The van der Waals surface area contributed by atoms with Crippen LogP contribution in [-0.4, -0.2) is 58.2 Å². The quantitative estimate of drug-likeness (QED) is 0.254. The molecule has 0 radical (unpaired) electrons. The lowest BCUT2D eigenvalue weighted by Crippen LogP contribution is -2.52. The molecule has 41 heavy (non-hydrogen) atoms. The molecule has 0 saturated carbocycles. The van der Waals surface area contributed by atoms with Crippen LogP contribution >= 0.6 is 0 Å². The van der Waals surface area contributed by atoms with Crippen LogP contribution in [0.25, 0.3) is 11.3 Å². The molecule has 1 aliphatic carbocycles. The summed E-state index contributed by atoms with van der Waals surface area (Å²) in [6, 6.07) is 15.7. The number of amides is 1. The summed E-state index contributed by atoms with van der Waals surface area (Å²) in [6.07, 6.45) is 8.99. The molecular weight excluding hydrogens is 514 g/mol. The van der Waals surface area contributed by atoms with Gasteiger partial charge in [-0.1, -0.05) is 12.1 Å². The van der Waals surface area contributed by atoms with Gasteiger partial charge in [0.1, 0.15) is 0 Å². The van der Waals surface area contributed by atoms with Crippen molar-refractivity contribution in [2.45, 2.75) is 38.6 Å². The number of aryl methyl sites for hydroxylation is 2. The zero-order valence-corrected chi connectivity index (χ0v) is 23.2. The Hall–Kier alpha value is -4.34. The van der Waals surface area contributed by atoms with Crippen LogP contribution in [0.5, 0.6) is 0 Å². The monoisotopic (exact) mass is 549 g/mol. The van der Waals surface area contributed by atoms with E-state index in [0.717, 1.165) is 67.1 Å². The lowest BCUT2D eigenvalue weighted by Gasteiger charge is -2.40. The average Bonchev–Trinajstić information content (AvgIpc) is 3.49. The first kappa shape index (κ1) is 26.9. The summed E-state index contributed by atoms with van der Waals surface area (Å²) in [4.78, 5) is 29.4. The Labute approximate surface area is 240 Å². The van der Waals surface area contributed by atoms with Crippen LogP contribution in [-0.2, 0) is 12.8 Å². The van der Waals surface area contributed by atoms with E-state index in [4.69, 9.17) is 0 Å². The maximum absolute atomic E-state index is 13.8. The van der Waals surface area contributed by atoms with Crippen molar-refractivity contribution in [2.24, 2.45) is 0 Å². The van der Waals surface area contributed by atoms with Gasteiger partial charge in [0.2, 0.25) is 5.95 Å². The van der Waals surface area contributed by atoms with Gasteiger partial charge in [-0.2, -0.15) is 0 Å². The number of aromatic nitrogens is 3. The Morgan fingerprint density at radius 1 is 1.15 bits per heavy atom. The SMILES string of the molecule is Cc1ccc(NC(=O)c2ccc3c(c2N2CCNCC2CCO)CCC3)cc1Nc1nccc(-c2cccnc2)n1. The number of piperazine rings is 1. The largest absolute Gasteiger partial charge is 0.396 e. The van der Waals surface area contributed by atoms with Crippen LogP contribution in [0.2, 0.25) is 0 Å². The van der Waals surface area contributed by atoms with Crippen LogP contribution in [0, 0.1) is 6.92 Å². The summed E-state index contributed by atoms with van der Waals surface area (Å²) in [6.45, 7) is 4.57. The second kappa shape index (κ2) is 12.0. The molecule has 2 aliphatic rings. The van der Waals surface area contributed by atoms with Gasteiger partial charge >= 0.3 is 0 Å². The number of carbonyl (C=O) groups is 1. The predicted molar refractivity (Wildman–Crippen MR) is 162 cm³/mol. The third-order valence-corrected chi connectivity index (χ3v) is 7.95. The van der Waals surface area contributed by atoms with Crippen molar-refractivity contribution in [2.75, 3.05) is 41.8 Å². The number of benzene rings is 2. The molecule has 1 fully saturated rings. The van der Waals surface area contributed by atoms with Crippen LogP contribution in [0.4, 0.5) is 23.0 Å². The Kier molecular flexibility index (Phi) is 7.89. The Bertz CT molecular complexity index is 1540. The second-order valence-electron chi connectivity index (χ2n) is 10.6. The van der Waals surface area contributed by atoms with Crippen molar-refractivity contribution < 1.29 is 9.90 Å². The highest BCUT2D eigenvalue weighted by Gasteiger charge is 2.30. The minimum atomic E-state index is -0.138. The molecule has 9 nitrogen and oxygen atoms in total. The van der Waals surface area contributed by atoms with E-state index in [1.807, 2.05) is 49.4 Å². The van der Waals surface area contributed by atoms with Gasteiger partial charge in [-0.05, 0) is 85.7 Å². The van der Waals surface area contributed by atoms with E-state index in [2.05, 4.69) is 41.9 Å². The normalized spacial score (nSPS) is 16.3. The molecular formula is C32H35N7O2. The van der Waals surface area contributed by atoms with Gasteiger partial charge in [-0.25, -0.2) is 9.97 Å². The number of aliphatic hydroxyl groups is 1. The summed E-state index contributed by atoms with van der Waals surface area (Å²) >= 11 is 0. The summed E-state index contributed by atoms with van der Waals surface area (Å²) in [5, 5.41) is 19.6. The highest BCUT2D eigenvalue weighted by atomic mass is 16.3. The number of nitrogens with zero attached hydrogens (tertiary/aromatic N) is 4. The summed E-state index contributed by atoms with van der Waals surface area (Å²) in [5.74, 6) is 0.327. The molecule has 0 bridgehead atoms. The highest BCUT2D eigenvalue weighted by Crippen LogP contribution is 2.37. The van der Waals surface area contributed by atoms with Gasteiger partial charge in [-0.15, -0.1) is 0 Å². The summed E-state index contributed by atoms with van der Waals surface area (Å²) in [7, 11) is 0. The molecule has 1 amide bonds. The van der Waals surface area contributed by atoms with E-state index in [1.165, 1.54) is 11.1 Å². The van der Waals surface area contributed by atoms with E-state index in [9.17, 15) is 9.90 Å². The van der Waals surface area contributed by atoms with Crippen molar-refractivity contribution in [3.05, 3.63) is 89.4 Å². The van der Waals surface area contributed by atoms with Crippen LogP contribution in [0.3, 0.4) is 0 Å². The predicted octanol–water partition coefficient (Wildman–Crippen LogP) is 4.49. The Morgan fingerprint density at radius 2 is 2.07 bits per heavy atom. The fourth-order valence-corrected chi connectivity index (χ4v) is 5.87. The standard InChI is InChI=1S/C32H35N7O2/c1-21-7-9-24(18-29(21)38-32-35-14-11-28(37-32)23-5-3-13-33-19-23)36-31(41)27-10-8-22-4-2-6-26(22)30(27)39-16-15-34-20-25(39)12-17-40/h3,5,7-11,13-14,18-19,25,34,40H,2,4,6,12,15-17,20H2,1H3,(H,36,41)(H,35,37,38). The van der Waals surface area contributed by atoms with E-state index in [-0.39, 0.29) is 18.6 Å². The first-order valence-electron chi connectivity index (χ1n) is 14.3. The Morgan fingerprint density at radius 3 is 2.93 bits per heavy atom. The molecule has 2 aromatic heterocycles. The number of hydrogen-bond donors (Lipinski definition) is 4. The van der Waals surface area contributed by atoms with Gasteiger partial charge < -0.3 is 26.0 Å². The maximum Gasteiger partial charge on any atom is 0.257 e. The molecule has 0 spiro atoms.